The number of alkyl carbamates (subject to hydrolysis) is 1. The molecule has 1 unspecified atom stereocenters. The maximum absolute atomic E-state index is 11.9. The number of ether oxygens (including phenoxy) is 1. The van der Waals surface area contributed by atoms with Crippen LogP contribution in [0.25, 0.3) is 0 Å². The van der Waals surface area contributed by atoms with E-state index in [-0.39, 0.29) is 11.6 Å². The minimum atomic E-state index is -0.475. The number of hydrogen-bond acceptors (Lipinski definition) is 3. The first-order chi connectivity index (χ1) is 11.0. The van der Waals surface area contributed by atoms with Crippen molar-refractivity contribution < 1.29 is 9.53 Å². The highest BCUT2D eigenvalue weighted by molar-refractivity contribution is 9.10. The Morgan fingerprint density at radius 1 is 1.17 bits per heavy atom. The summed E-state index contributed by atoms with van der Waals surface area (Å²) in [7, 11) is 0. The molecule has 1 aromatic rings. The average Bonchev–Trinajstić information content (AvgIpc) is 2.38. The van der Waals surface area contributed by atoms with Crippen LogP contribution >= 0.6 is 15.9 Å². The normalized spacial score (nSPS) is 13.5. The van der Waals surface area contributed by atoms with Gasteiger partial charge in [-0.2, -0.15) is 0 Å². The van der Waals surface area contributed by atoms with Gasteiger partial charge in [0.1, 0.15) is 5.60 Å². The molecule has 136 valence electrons. The molecular formula is C19H31BrN2O2. The summed E-state index contributed by atoms with van der Waals surface area (Å²) >= 11 is 3.45. The summed E-state index contributed by atoms with van der Waals surface area (Å²) in [6.07, 6.45) is 1.44. The number of halogens is 1. The van der Waals surface area contributed by atoms with Gasteiger partial charge in [-0.25, -0.2) is 4.79 Å². The van der Waals surface area contributed by atoms with Gasteiger partial charge in [0, 0.05) is 16.1 Å². The van der Waals surface area contributed by atoms with Crippen LogP contribution < -0.4 is 10.6 Å². The molecule has 1 rings (SSSR count). The fourth-order valence-electron chi connectivity index (χ4n) is 2.32. The number of nitrogens with one attached hydrogen (secondary N) is 2. The third kappa shape index (κ3) is 9.28. The Hall–Kier alpha value is -1.07. The zero-order valence-electron chi connectivity index (χ0n) is 15.7. The van der Waals surface area contributed by atoms with E-state index in [1.165, 1.54) is 5.56 Å². The van der Waals surface area contributed by atoms with Gasteiger partial charge >= 0.3 is 6.09 Å². The summed E-state index contributed by atoms with van der Waals surface area (Å²) in [6.45, 7) is 12.6. The van der Waals surface area contributed by atoms with E-state index in [1.807, 2.05) is 34.6 Å². The Bertz CT molecular complexity index is 521. The van der Waals surface area contributed by atoms with Crippen molar-refractivity contribution >= 4 is 22.0 Å². The van der Waals surface area contributed by atoms with Gasteiger partial charge in [-0.05, 0) is 78.6 Å². The Labute approximate surface area is 154 Å². The van der Waals surface area contributed by atoms with Gasteiger partial charge in [0.05, 0.1) is 0 Å². The number of amides is 1. The van der Waals surface area contributed by atoms with Crippen LogP contribution in [0.15, 0.2) is 28.7 Å². The summed E-state index contributed by atoms with van der Waals surface area (Å²) in [5.74, 6) is 0. The highest BCUT2D eigenvalue weighted by atomic mass is 79.9. The number of carbonyl (C=O) groups excluding carboxylic acids is 1. The fourth-order valence-corrected chi connectivity index (χ4v) is 2.58. The van der Waals surface area contributed by atoms with Crippen molar-refractivity contribution in [3.8, 4) is 0 Å². The van der Waals surface area contributed by atoms with Gasteiger partial charge in [0.2, 0.25) is 0 Å². The first-order valence-electron chi connectivity index (χ1n) is 8.46. The lowest BCUT2D eigenvalue weighted by atomic mass is 10.0. The highest BCUT2D eigenvalue weighted by Gasteiger charge is 2.24. The molecule has 0 aliphatic carbocycles. The third-order valence-corrected chi connectivity index (χ3v) is 4.07. The summed E-state index contributed by atoms with van der Waals surface area (Å²) in [4.78, 5) is 11.9. The van der Waals surface area contributed by atoms with Crippen molar-refractivity contribution in [1.29, 1.82) is 0 Å². The molecule has 0 saturated carbocycles. The van der Waals surface area contributed by atoms with E-state index in [2.05, 4.69) is 57.8 Å². The van der Waals surface area contributed by atoms with Gasteiger partial charge in [0.25, 0.3) is 0 Å². The second-order valence-corrected chi connectivity index (χ2v) is 8.86. The van der Waals surface area contributed by atoms with Crippen LogP contribution in [-0.4, -0.2) is 29.8 Å². The van der Waals surface area contributed by atoms with Crippen LogP contribution in [0.5, 0.6) is 0 Å². The second kappa shape index (κ2) is 8.86. The Balaban J connectivity index is 2.33. The summed E-state index contributed by atoms with van der Waals surface area (Å²) in [5, 5.41) is 6.46. The van der Waals surface area contributed by atoms with Crippen LogP contribution in [0, 0.1) is 0 Å². The van der Waals surface area contributed by atoms with Gasteiger partial charge in [0.15, 0.2) is 0 Å². The maximum atomic E-state index is 11.9. The molecule has 0 radical (unpaired) electrons. The average molecular weight is 399 g/mol. The zero-order chi connectivity index (χ0) is 18.4. The van der Waals surface area contributed by atoms with Gasteiger partial charge in [-0.1, -0.05) is 28.1 Å². The molecule has 0 saturated heterocycles. The van der Waals surface area contributed by atoms with Gasteiger partial charge in [-0.15, -0.1) is 0 Å². The van der Waals surface area contributed by atoms with Crippen LogP contribution in [0.2, 0.25) is 0 Å². The summed E-state index contributed by atoms with van der Waals surface area (Å²) < 4.78 is 6.41. The lowest BCUT2D eigenvalue weighted by Gasteiger charge is -2.29. The Kier molecular flexibility index (Phi) is 7.74. The number of rotatable bonds is 7. The summed E-state index contributed by atoms with van der Waals surface area (Å²) in [5.41, 5.74) is 0.522. The molecule has 1 amide bonds. The summed E-state index contributed by atoms with van der Waals surface area (Å²) in [6, 6.07) is 8.78. The van der Waals surface area contributed by atoms with E-state index in [9.17, 15) is 4.79 Å². The van der Waals surface area contributed by atoms with Crippen molar-refractivity contribution in [2.24, 2.45) is 0 Å². The Morgan fingerprint density at radius 2 is 1.75 bits per heavy atom. The van der Waals surface area contributed by atoms with E-state index in [0.717, 1.165) is 23.9 Å². The molecule has 0 spiro atoms. The predicted molar refractivity (Wildman–Crippen MR) is 103 cm³/mol. The first kappa shape index (κ1) is 21.0. The van der Waals surface area contributed by atoms with Crippen LogP contribution in [0.3, 0.4) is 0 Å². The van der Waals surface area contributed by atoms with Crippen molar-refractivity contribution in [2.45, 2.75) is 71.6 Å². The fraction of sp³-hybridized carbons (Fsp3) is 0.632. The van der Waals surface area contributed by atoms with Crippen molar-refractivity contribution in [1.82, 2.24) is 10.6 Å². The number of hydrogen-bond donors (Lipinski definition) is 2. The molecule has 0 heterocycles. The van der Waals surface area contributed by atoms with Crippen LogP contribution in [0.1, 0.15) is 53.5 Å². The lowest BCUT2D eigenvalue weighted by molar-refractivity contribution is 0.0468. The molecule has 0 aliphatic rings. The van der Waals surface area contributed by atoms with E-state index in [4.69, 9.17) is 4.74 Å². The molecular weight excluding hydrogens is 368 g/mol. The monoisotopic (exact) mass is 398 g/mol. The highest BCUT2D eigenvalue weighted by Crippen LogP contribution is 2.13. The quantitative estimate of drug-likeness (QED) is 0.701. The minimum absolute atomic E-state index is 0.313. The standard InChI is InChI=1S/C19H31BrN2O2/c1-14(13-15-7-9-16(20)10-8-15)21-12-11-19(5,6)22-17(23)24-18(2,3)4/h7-10,14,21H,11-13H2,1-6H3,(H,22,23). The van der Waals surface area contributed by atoms with E-state index in [0.29, 0.717) is 6.04 Å². The molecule has 4 nitrogen and oxygen atoms in total. The lowest BCUT2D eigenvalue weighted by Crippen LogP contribution is -2.47. The third-order valence-electron chi connectivity index (χ3n) is 3.54. The van der Waals surface area contributed by atoms with E-state index >= 15 is 0 Å². The minimum Gasteiger partial charge on any atom is -0.444 e. The van der Waals surface area contributed by atoms with E-state index < -0.39 is 5.60 Å². The Morgan fingerprint density at radius 3 is 2.29 bits per heavy atom. The molecule has 0 aliphatic heterocycles. The number of benzene rings is 1. The largest absolute Gasteiger partial charge is 0.444 e. The smallest absolute Gasteiger partial charge is 0.408 e. The first-order valence-corrected chi connectivity index (χ1v) is 9.25. The van der Waals surface area contributed by atoms with Crippen molar-refractivity contribution in [3.05, 3.63) is 34.3 Å². The van der Waals surface area contributed by atoms with Crippen molar-refractivity contribution in [3.63, 3.8) is 0 Å². The predicted octanol–water partition coefficient (Wildman–Crippen LogP) is 4.66. The molecule has 24 heavy (non-hydrogen) atoms. The van der Waals surface area contributed by atoms with Crippen LogP contribution in [-0.2, 0) is 11.2 Å². The van der Waals surface area contributed by atoms with Crippen LogP contribution in [0.4, 0.5) is 4.79 Å². The molecule has 0 aromatic heterocycles. The SMILES string of the molecule is CC(Cc1ccc(Br)cc1)NCCC(C)(C)NC(=O)OC(C)(C)C. The molecule has 5 heteroatoms. The van der Waals surface area contributed by atoms with Gasteiger partial charge in [-0.3, -0.25) is 0 Å². The molecule has 0 bridgehead atoms. The van der Waals surface area contributed by atoms with Gasteiger partial charge < -0.3 is 15.4 Å². The second-order valence-electron chi connectivity index (χ2n) is 7.95. The number of carbonyl (C=O) groups is 1. The zero-order valence-corrected chi connectivity index (χ0v) is 17.3. The molecule has 1 atom stereocenters. The topological polar surface area (TPSA) is 50.4 Å². The molecule has 0 fully saturated rings. The van der Waals surface area contributed by atoms with Crippen molar-refractivity contribution in [2.75, 3.05) is 6.54 Å². The molecule has 2 N–H and O–H groups in total. The van der Waals surface area contributed by atoms with E-state index in [1.54, 1.807) is 0 Å². The maximum Gasteiger partial charge on any atom is 0.408 e. The molecule has 1 aromatic carbocycles.